The van der Waals surface area contributed by atoms with Gasteiger partial charge in [-0.1, -0.05) is 54.6 Å². The van der Waals surface area contributed by atoms with E-state index in [1.807, 2.05) is 73.7 Å². The van der Waals surface area contributed by atoms with Crippen LogP contribution < -0.4 is 19.7 Å². The van der Waals surface area contributed by atoms with Crippen LogP contribution in [-0.4, -0.2) is 25.2 Å². The quantitative estimate of drug-likeness (QED) is 0.389. The Morgan fingerprint density at radius 3 is 2.25 bits per heavy atom. The molecule has 4 rings (SSSR count). The molecule has 186 valence electrons. The average Bonchev–Trinajstić information content (AvgIpc) is 2.89. The second kappa shape index (κ2) is 11.4. The lowest BCUT2D eigenvalue weighted by molar-refractivity contribution is -0.139. The van der Waals surface area contributed by atoms with Gasteiger partial charge >= 0.3 is 12.0 Å². The zero-order valence-corrected chi connectivity index (χ0v) is 20.7. The van der Waals surface area contributed by atoms with Gasteiger partial charge in [0.1, 0.15) is 6.61 Å². The van der Waals surface area contributed by atoms with E-state index in [0.29, 0.717) is 47.2 Å². The number of hydrogen-bond acceptors (Lipinski definition) is 5. The molecule has 0 saturated carbocycles. The Labute approximate surface area is 211 Å². The first-order chi connectivity index (χ1) is 17.5. The summed E-state index contributed by atoms with van der Waals surface area (Å²) in [5.74, 6) is 0.630. The van der Waals surface area contributed by atoms with E-state index in [0.717, 1.165) is 5.56 Å². The van der Waals surface area contributed by atoms with E-state index in [1.54, 1.807) is 26.0 Å². The lowest BCUT2D eigenvalue weighted by atomic mass is 9.94. The second-order valence-corrected chi connectivity index (χ2v) is 8.19. The number of carbonyl (C=O) groups is 2. The van der Waals surface area contributed by atoms with Crippen molar-refractivity contribution in [3.05, 3.63) is 101 Å². The highest BCUT2D eigenvalue weighted by molar-refractivity contribution is 6.03. The third kappa shape index (κ3) is 5.35. The molecule has 1 aliphatic heterocycles. The Hall–Kier alpha value is -4.26. The highest BCUT2D eigenvalue weighted by Gasteiger charge is 2.37. The number of para-hydroxylation sites is 1. The first-order valence-electron chi connectivity index (χ1n) is 12.0. The average molecular weight is 487 g/mol. The third-order valence-electron chi connectivity index (χ3n) is 5.83. The van der Waals surface area contributed by atoms with E-state index in [4.69, 9.17) is 14.2 Å². The number of nitrogens with zero attached hydrogens (tertiary/aromatic N) is 1. The number of rotatable bonds is 9. The van der Waals surface area contributed by atoms with Crippen LogP contribution in [0.5, 0.6) is 11.5 Å². The number of carbonyl (C=O) groups excluding carboxylic acids is 2. The minimum atomic E-state index is -0.709. The number of benzene rings is 3. The van der Waals surface area contributed by atoms with E-state index in [2.05, 4.69) is 5.32 Å². The fourth-order valence-corrected chi connectivity index (χ4v) is 4.18. The van der Waals surface area contributed by atoms with Crippen molar-refractivity contribution >= 4 is 17.7 Å². The van der Waals surface area contributed by atoms with Gasteiger partial charge in [0.2, 0.25) is 0 Å². The molecular weight excluding hydrogens is 456 g/mol. The fraction of sp³-hybridized carbons (Fsp3) is 0.241. The minimum Gasteiger partial charge on any atom is -0.490 e. The summed E-state index contributed by atoms with van der Waals surface area (Å²) in [5, 5.41) is 2.98. The fourth-order valence-electron chi connectivity index (χ4n) is 4.18. The molecule has 0 bridgehead atoms. The predicted molar refractivity (Wildman–Crippen MR) is 138 cm³/mol. The Morgan fingerprint density at radius 2 is 1.58 bits per heavy atom. The molecule has 7 nitrogen and oxygen atoms in total. The molecule has 1 N–H and O–H groups in total. The number of nitrogens with one attached hydrogen (secondary N) is 1. The molecular formula is C29H30N2O5. The van der Waals surface area contributed by atoms with Gasteiger partial charge in [-0.05, 0) is 56.2 Å². The van der Waals surface area contributed by atoms with Crippen molar-refractivity contribution in [2.75, 3.05) is 18.1 Å². The minimum absolute atomic E-state index is 0.220. The van der Waals surface area contributed by atoms with Gasteiger partial charge in [-0.3, -0.25) is 4.90 Å². The van der Waals surface area contributed by atoms with Gasteiger partial charge in [-0.25, -0.2) is 9.59 Å². The van der Waals surface area contributed by atoms with Crippen LogP contribution in [0.15, 0.2) is 90.1 Å². The summed E-state index contributed by atoms with van der Waals surface area (Å²) in [6.07, 6.45) is 0. The molecule has 0 spiro atoms. The summed E-state index contributed by atoms with van der Waals surface area (Å²) in [4.78, 5) is 27.8. The van der Waals surface area contributed by atoms with E-state index >= 15 is 0 Å². The van der Waals surface area contributed by atoms with Crippen molar-refractivity contribution in [1.82, 2.24) is 5.32 Å². The molecule has 0 aliphatic carbocycles. The maximum Gasteiger partial charge on any atom is 0.338 e. The summed E-state index contributed by atoms with van der Waals surface area (Å²) in [7, 11) is 0. The predicted octanol–water partition coefficient (Wildman–Crippen LogP) is 5.77. The number of amides is 2. The van der Waals surface area contributed by atoms with Crippen LogP contribution in [-0.2, 0) is 16.1 Å². The highest BCUT2D eigenvalue weighted by Crippen LogP contribution is 2.38. The Balaban J connectivity index is 1.71. The number of urea groups is 1. The number of ether oxygens (including phenoxy) is 3. The van der Waals surface area contributed by atoms with E-state index < -0.39 is 12.0 Å². The van der Waals surface area contributed by atoms with Crippen molar-refractivity contribution in [2.45, 2.75) is 33.4 Å². The van der Waals surface area contributed by atoms with Gasteiger partial charge in [0.25, 0.3) is 0 Å². The summed E-state index contributed by atoms with van der Waals surface area (Å²) in [6.45, 7) is 6.44. The molecule has 3 aromatic carbocycles. The lowest BCUT2D eigenvalue weighted by Crippen LogP contribution is -2.48. The van der Waals surface area contributed by atoms with Gasteiger partial charge in [-0.15, -0.1) is 0 Å². The number of anilines is 1. The van der Waals surface area contributed by atoms with E-state index in [-0.39, 0.29) is 12.6 Å². The first-order valence-corrected chi connectivity index (χ1v) is 12.0. The van der Waals surface area contributed by atoms with Crippen LogP contribution in [0.25, 0.3) is 0 Å². The third-order valence-corrected chi connectivity index (χ3v) is 5.83. The van der Waals surface area contributed by atoms with Crippen molar-refractivity contribution in [3.8, 4) is 11.5 Å². The van der Waals surface area contributed by atoms with Crippen LogP contribution in [0.4, 0.5) is 10.5 Å². The molecule has 0 fully saturated rings. The summed E-state index contributed by atoms with van der Waals surface area (Å²) in [5.41, 5.74) is 3.26. The second-order valence-electron chi connectivity index (χ2n) is 8.19. The summed E-state index contributed by atoms with van der Waals surface area (Å²) < 4.78 is 17.3. The topological polar surface area (TPSA) is 77.1 Å². The molecule has 1 atom stereocenters. The molecule has 0 saturated heterocycles. The first kappa shape index (κ1) is 24.9. The van der Waals surface area contributed by atoms with Crippen molar-refractivity contribution < 1.29 is 23.8 Å². The maximum atomic E-state index is 13.2. The van der Waals surface area contributed by atoms with Crippen LogP contribution in [0.3, 0.4) is 0 Å². The molecule has 0 radical (unpaired) electrons. The highest BCUT2D eigenvalue weighted by atomic mass is 16.5. The van der Waals surface area contributed by atoms with Gasteiger partial charge in [0.15, 0.2) is 11.5 Å². The summed E-state index contributed by atoms with van der Waals surface area (Å²) >= 11 is 0. The number of esters is 1. The molecule has 2 amide bonds. The number of allylic oxidation sites excluding steroid dienone is 1. The monoisotopic (exact) mass is 486 g/mol. The molecule has 0 unspecified atom stereocenters. The van der Waals surface area contributed by atoms with Gasteiger partial charge < -0.3 is 19.5 Å². The van der Waals surface area contributed by atoms with Crippen molar-refractivity contribution in [2.24, 2.45) is 0 Å². The molecule has 1 aliphatic rings. The maximum absolute atomic E-state index is 13.2. The molecule has 36 heavy (non-hydrogen) atoms. The standard InChI is InChI=1S/C29H30N2O5/c1-4-34-25-18-22(16-17-24(25)36-19-21-12-8-6-9-13-21)27-26(28(32)35-5-2)20(3)31(29(33)30-27)23-14-10-7-11-15-23/h6-18,27H,4-5,19H2,1-3H3,(H,30,33)/t27-/m1/s1. The van der Waals surface area contributed by atoms with Gasteiger partial charge in [0.05, 0.1) is 30.5 Å². The SMILES string of the molecule is CCOC(=O)C1=C(C)N(c2ccccc2)C(=O)N[C@@H]1c1ccc(OCc2ccccc2)c(OCC)c1. The zero-order chi connectivity index (χ0) is 25.5. The normalized spacial score (nSPS) is 15.4. The molecule has 0 aromatic heterocycles. The van der Waals surface area contributed by atoms with Gasteiger partial charge in [0, 0.05) is 5.70 Å². The molecule has 3 aromatic rings. The van der Waals surface area contributed by atoms with E-state index in [9.17, 15) is 9.59 Å². The number of hydrogen-bond donors (Lipinski definition) is 1. The zero-order valence-electron chi connectivity index (χ0n) is 20.7. The van der Waals surface area contributed by atoms with Crippen molar-refractivity contribution in [1.29, 1.82) is 0 Å². The van der Waals surface area contributed by atoms with Gasteiger partial charge in [-0.2, -0.15) is 0 Å². The molecule has 1 heterocycles. The van der Waals surface area contributed by atoms with Crippen LogP contribution in [0.2, 0.25) is 0 Å². The summed E-state index contributed by atoms with van der Waals surface area (Å²) in [6, 6.07) is 23.4. The van der Waals surface area contributed by atoms with E-state index in [1.165, 1.54) is 4.90 Å². The lowest BCUT2D eigenvalue weighted by Gasteiger charge is -2.35. The van der Waals surface area contributed by atoms with Crippen LogP contribution in [0.1, 0.15) is 37.9 Å². The molecule has 7 heteroatoms. The van der Waals surface area contributed by atoms with Crippen LogP contribution in [0, 0.1) is 0 Å². The smallest absolute Gasteiger partial charge is 0.338 e. The Kier molecular flexibility index (Phi) is 7.90. The van der Waals surface area contributed by atoms with Crippen molar-refractivity contribution in [3.63, 3.8) is 0 Å². The Bertz CT molecular complexity index is 1240. The largest absolute Gasteiger partial charge is 0.490 e. The van der Waals surface area contributed by atoms with Crippen LogP contribution >= 0.6 is 0 Å². The Morgan fingerprint density at radius 1 is 0.889 bits per heavy atom.